The number of rotatable bonds is 6. The molecule has 3 heteroatoms. The minimum absolute atomic E-state index is 0.109. The van der Waals surface area contributed by atoms with Crippen molar-refractivity contribution in [3.8, 4) is 0 Å². The normalized spacial score (nSPS) is 25.2. The van der Waals surface area contributed by atoms with Gasteiger partial charge in [-0.25, -0.2) is 0 Å². The van der Waals surface area contributed by atoms with Gasteiger partial charge in [-0.2, -0.15) is 0 Å². The second kappa shape index (κ2) is 6.47. The SMILES string of the molecule is CCNC(c1ccccc1)C(C)(C)CN1CCC(C)(O)C1. The molecule has 1 aliphatic rings. The topological polar surface area (TPSA) is 35.5 Å². The van der Waals surface area contributed by atoms with Crippen LogP contribution in [0.4, 0.5) is 0 Å². The standard InChI is InChI=1S/C18H30N2O/c1-5-19-16(15-9-7-6-8-10-15)17(2,3)13-20-12-11-18(4,21)14-20/h6-10,16,19,21H,5,11-14H2,1-4H3. The molecule has 0 aliphatic carbocycles. The lowest BCUT2D eigenvalue weighted by Gasteiger charge is -2.38. The molecule has 1 aromatic carbocycles. The van der Waals surface area contributed by atoms with Gasteiger partial charge in [-0.3, -0.25) is 4.90 Å². The molecule has 0 radical (unpaired) electrons. The van der Waals surface area contributed by atoms with Crippen molar-refractivity contribution in [2.24, 2.45) is 5.41 Å². The quantitative estimate of drug-likeness (QED) is 0.845. The first-order valence-corrected chi connectivity index (χ1v) is 8.07. The first-order chi connectivity index (χ1) is 9.84. The van der Waals surface area contributed by atoms with E-state index in [1.54, 1.807) is 0 Å². The summed E-state index contributed by atoms with van der Waals surface area (Å²) in [4.78, 5) is 2.40. The highest BCUT2D eigenvalue weighted by molar-refractivity contribution is 5.21. The van der Waals surface area contributed by atoms with Gasteiger partial charge in [0.15, 0.2) is 0 Å². The van der Waals surface area contributed by atoms with E-state index in [1.165, 1.54) is 5.56 Å². The first-order valence-electron chi connectivity index (χ1n) is 8.07. The maximum atomic E-state index is 10.2. The van der Waals surface area contributed by atoms with Gasteiger partial charge in [0.25, 0.3) is 0 Å². The first kappa shape index (κ1) is 16.5. The Kier molecular flexibility index (Phi) is 5.07. The van der Waals surface area contributed by atoms with Crippen LogP contribution >= 0.6 is 0 Å². The van der Waals surface area contributed by atoms with Gasteiger partial charge in [-0.05, 0) is 30.9 Å². The summed E-state index contributed by atoms with van der Waals surface area (Å²) in [5, 5.41) is 13.8. The molecule has 0 bridgehead atoms. The zero-order valence-corrected chi connectivity index (χ0v) is 13.9. The zero-order valence-electron chi connectivity index (χ0n) is 13.9. The van der Waals surface area contributed by atoms with E-state index in [0.29, 0.717) is 6.04 Å². The summed E-state index contributed by atoms with van der Waals surface area (Å²) in [7, 11) is 0. The van der Waals surface area contributed by atoms with Crippen LogP contribution in [0.3, 0.4) is 0 Å². The number of hydrogen-bond acceptors (Lipinski definition) is 3. The van der Waals surface area contributed by atoms with E-state index in [9.17, 15) is 5.11 Å². The molecule has 1 saturated heterocycles. The van der Waals surface area contributed by atoms with Crippen LogP contribution in [-0.2, 0) is 0 Å². The van der Waals surface area contributed by atoms with Crippen molar-refractivity contribution in [2.75, 3.05) is 26.2 Å². The van der Waals surface area contributed by atoms with Crippen molar-refractivity contribution >= 4 is 0 Å². The predicted octanol–water partition coefficient (Wildman–Crippen LogP) is 2.82. The fourth-order valence-electron chi connectivity index (χ4n) is 3.54. The number of aliphatic hydroxyl groups is 1. The molecule has 1 aliphatic heterocycles. The van der Waals surface area contributed by atoms with E-state index in [4.69, 9.17) is 0 Å². The summed E-state index contributed by atoms with van der Waals surface area (Å²) in [5.41, 5.74) is 0.934. The van der Waals surface area contributed by atoms with Gasteiger partial charge in [0.2, 0.25) is 0 Å². The maximum Gasteiger partial charge on any atom is 0.0758 e. The average molecular weight is 290 g/mol. The van der Waals surface area contributed by atoms with E-state index < -0.39 is 5.60 Å². The van der Waals surface area contributed by atoms with Gasteiger partial charge in [0.1, 0.15) is 0 Å². The molecule has 2 atom stereocenters. The molecule has 2 rings (SSSR count). The number of benzene rings is 1. The summed E-state index contributed by atoms with van der Waals surface area (Å²) in [6.45, 7) is 12.5. The van der Waals surface area contributed by atoms with E-state index in [2.05, 4.69) is 61.3 Å². The monoisotopic (exact) mass is 290 g/mol. The molecule has 21 heavy (non-hydrogen) atoms. The summed E-state index contributed by atoms with van der Waals surface area (Å²) in [5.74, 6) is 0. The van der Waals surface area contributed by atoms with Crippen LogP contribution in [0.25, 0.3) is 0 Å². The van der Waals surface area contributed by atoms with Gasteiger partial charge < -0.3 is 10.4 Å². The van der Waals surface area contributed by atoms with Gasteiger partial charge in [-0.1, -0.05) is 51.1 Å². The molecule has 0 aromatic heterocycles. The Morgan fingerprint density at radius 1 is 1.33 bits per heavy atom. The van der Waals surface area contributed by atoms with Crippen molar-refractivity contribution in [3.63, 3.8) is 0 Å². The highest BCUT2D eigenvalue weighted by Gasteiger charge is 2.37. The van der Waals surface area contributed by atoms with Gasteiger partial charge in [-0.15, -0.1) is 0 Å². The minimum atomic E-state index is -0.517. The predicted molar refractivity (Wildman–Crippen MR) is 88.3 cm³/mol. The maximum absolute atomic E-state index is 10.2. The lowest BCUT2D eigenvalue weighted by molar-refractivity contribution is 0.0596. The van der Waals surface area contributed by atoms with Crippen molar-refractivity contribution in [3.05, 3.63) is 35.9 Å². The van der Waals surface area contributed by atoms with Crippen LogP contribution in [0.2, 0.25) is 0 Å². The number of nitrogens with one attached hydrogen (secondary N) is 1. The highest BCUT2D eigenvalue weighted by Crippen LogP contribution is 2.35. The lowest BCUT2D eigenvalue weighted by atomic mass is 9.79. The molecule has 1 fully saturated rings. The number of β-amino-alcohol motifs (C(OH)–C–C–N with tert-alkyl or cyclic N) is 1. The third-order valence-corrected chi connectivity index (χ3v) is 4.48. The molecule has 1 aromatic rings. The molecule has 2 N–H and O–H groups in total. The Hall–Kier alpha value is -0.900. The van der Waals surface area contributed by atoms with Crippen LogP contribution in [0.15, 0.2) is 30.3 Å². The average Bonchev–Trinajstić information content (AvgIpc) is 2.75. The summed E-state index contributed by atoms with van der Waals surface area (Å²) >= 11 is 0. The van der Waals surface area contributed by atoms with Crippen LogP contribution in [0.1, 0.15) is 45.7 Å². The van der Waals surface area contributed by atoms with Crippen LogP contribution in [0.5, 0.6) is 0 Å². The molecule has 0 saturated carbocycles. The smallest absolute Gasteiger partial charge is 0.0758 e. The molecule has 2 unspecified atom stereocenters. The van der Waals surface area contributed by atoms with Gasteiger partial charge >= 0.3 is 0 Å². The third-order valence-electron chi connectivity index (χ3n) is 4.48. The molecule has 118 valence electrons. The van der Waals surface area contributed by atoms with Crippen molar-refractivity contribution in [1.29, 1.82) is 0 Å². The summed E-state index contributed by atoms with van der Waals surface area (Å²) in [6, 6.07) is 11.0. The second-order valence-electron chi connectivity index (χ2n) is 7.35. The van der Waals surface area contributed by atoms with Crippen LogP contribution in [0, 0.1) is 5.41 Å². The molecule has 1 heterocycles. The second-order valence-corrected chi connectivity index (χ2v) is 7.35. The zero-order chi connectivity index (χ0) is 15.5. The van der Waals surface area contributed by atoms with Crippen molar-refractivity contribution < 1.29 is 5.11 Å². The Labute approximate surface area is 129 Å². The highest BCUT2D eigenvalue weighted by atomic mass is 16.3. The fraction of sp³-hybridized carbons (Fsp3) is 0.667. The summed E-state index contributed by atoms with van der Waals surface area (Å²) < 4.78 is 0. The van der Waals surface area contributed by atoms with E-state index >= 15 is 0 Å². The Morgan fingerprint density at radius 2 is 2.00 bits per heavy atom. The Bertz CT molecular complexity index is 442. The van der Waals surface area contributed by atoms with E-state index in [1.807, 2.05) is 6.92 Å². The lowest BCUT2D eigenvalue weighted by Crippen LogP contribution is -2.43. The van der Waals surface area contributed by atoms with Crippen LogP contribution < -0.4 is 5.32 Å². The van der Waals surface area contributed by atoms with Gasteiger partial charge in [0.05, 0.1) is 5.60 Å². The third kappa shape index (κ3) is 4.29. The molecular formula is C18H30N2O. The fourth-order valence-corrected chi connectivity index (χ4v) is 3.54. The molecule has 0 spiro atoms. The molecule has 0 amide bonds. The van der Waals surface area contributed by atoms with Gasteiger partial charge in [0, 0.05) is 25.7 Å². The Morgan fingerprint density at radius 3 is 2.52 bits per heavy atom. The minimum Gasteiger partial charge on any atom is -0.389 e. The van der Waals surface area contributed by atoms with Crippen molar-refractivity contribution in [1.82, 2.24) is 10.2 Å². The number of hydrogen-bond donors (Lipinski definition) is 2. The largest absolute Gasteiger partial charge is 0.389 e. The Balaban J connectivity index is 2.11. The molecule has 3 nitrogen and oxygen atoms in total. The molecular weight excluding hydrogens is 260 g/mol. The van der Waals surface area contributed by atoms with Crippen molar-refractivity contribution in [2.45, 2.75) is 45.8 Å². The van der Waals surface area contributed by atoms with Crippen LogP contribution in [-0.4, -0.2) is 41.8 Å². The summed E-state index contributed by atoms with van der Waals surface area (Å²) in [6.07, 6.45) is 0.875. The number of nitrogens with zero attached hydrogens (tertiary/aromatic N) is 1. The number of likely N-dealkylation sites (tertiary alicyclic amines) is 1. The van der Waals surface area contributed by atoms with E-state index in [-0.39, 0.29) is 5.41 Å². The van der Waals surface area contributed by atoms with E-state index in [0.717, 1.165) is 32.6 Å².